The Bertz CT molecular complexity index is 389. The Morgan fingerprint density at radius 2 is 2.15 bits per heavy atom. The van der Waals surface area contributed by atoms with Crippen LogP contribution in [0.1, 0.15) is 13.3 Å². The van der Waals surface area contributed by atoms with Gasteiger partial charge in [0.25, 0.3) is 5.56 Å². The summed E-state index contributed by atoms with van der Waals surface area (Å²) in [7, 11) is 0. The highest BCUT2D eigenvalue weighted by atomic mass is 127. The van der Waals surface area contributed by atoms with Crippen LogP contribution in [0.2, 0.25) is 0 Å². The van der Waals surface area contributed by atoms with Crippen LogP contribution in [0, 0.1) is 3.57 Å². The fourth-order valence-corrected chi connectivity index (χ4v) is 1.99. The maximum Gasteiger partial charge on any atom is 0.340 e. The van der Waals surface area contributed by atoms with Gasteiger partial charge in [-0.2, -0.15) is 0 Å². The summed E-state index contributed by atoms with van der Waals surface area (Å²) in [6.45, 7) is 2.35. The summed E-state index contributed by atoms with van der Waals surface area (Å²) in [6.07, 6.45) is 2.17. The molecule has 0 bridgehead atoms. The molecule has 1 aromatic heterocycles. The van der Waals surface area contributed by atoms with E-state index in [0.717, 1.165) is 10.4 Å². The van der Waals surface area contributed by atoms with Crippen molar-refractivity contribution in [2.45, 2.75) is 19.9 Å². The third kappa shape index (κ3) is 2.16. The number of hydrogen-bond acceptors (Lipinski definition) is 3. The lowest BCUT2D eigenvalue weighted by atomic mass is 10.5. The fraction of sp³-hybridized carbons (Fsp3) is 0.429. The molecule has 1 aromatic rings. The van der Waals surface area contributed by atoms with Gasteiger partial charge < -0.3 is 0 Å². The summed E-state index contributed by atoms with van der Waals surface area (Å²) in [6, 6.07) is 0. The molecule has 13 heavy (non-hydrogen) atoms. The molecule has 0 fully saturated rings. The molecule has 0 aliphatic carbocycles. The summed E-state index contributed by atoms with van der Waals surface area (Å²) < 4.78 is 2.81. The van der Waals surface area contributed by atoms with Gasteiger partial charge in [0.15, 0.2) is 0 Å². The number of thiol groups is 1. The van der Waals surface area contributed by atoms with Crippen molar-refractivity contribution < 1.29 is 0 Å². The van der Waals surface area contributed by atoms with Crippen LogP contribution < -0.4 is 11.2 Å². The number of halogens is 1. The van der Waals surface area contributed by atoms with Crippen molar-refractivity contribution in [3.8, 4) is 0 Å². The highest BCUT2D eigenvalue weighted by Crippen LogP contribution is 1.95. The molecule has 4 nitrogen and oxygen atoms in total. The van der Waals surface area contributed by atoms with Crippen LogP contribution >= 0.6 is 35.4 Å². The molecule has 0 aliphatic heterocycles. The lowest BCUT2D eigenvalue weighted by Gasteiger charge is -2.04. The van der Waals surface area contributed by atoms with E-state index in [0.29, 0.717) is 10.1 Å². The monoisotopic (exact) mass is 312 g/mol. The van der Waals surface area contributed by atoms with Crippen molar-refractivity contribution in [2.75, 3.05) is 0 Å². The Kier molecular flexibility index (Phi) is 3.60. The average Bonchev–Trinajstić information content (AvgIpc) is 2.09. The maximum atomic E-state index is 11.4. The van der Waals surface area contributed by atoms with Crippen LogP contribution in [0.25, 0.3) is 0 Å². The Morgan fingerprint density at radius 1 is 1.54 bits per heavy atom. The summed E-state index contributed by atoms with van der Waals surface area (Å²) >= 11 is 5.81. The molecule has 0 amide bonds. The van der Waals surface area contributed by atoms with Crippen LogP contribution in [-0.2, 0) is 6.54 Å². The van der Waals surface area contributed by atoms with Crippen LogP contribution in [0.5, 0.6) is 0 Å². The number of hydrogen-bond donors (Lipinski definition) is 1. The van der Waals surface area contributed by atoms with E-state index < -0.39 is 0 Å². The second-order valence-corrected chi connectivity index (χ2v) is 4.15. The Morgan fingerprint density at radius 3 is 2.69 bits per heavy atom. The molecule has 0 spiro atoms. The highest BCUT2D eigenvalue weighted by Gasteiger charge is 2.06. The van der Waals surface area contributed by atoms with Crippen molar-refractivity contribution in [3.63, 3.8) is 0 Å². The SMILES string of the molecule is CCCn1c(=O)c(I)cn(S)c1=O. The van der Waals surface area contributed by atoms with E-state index >= 15 is 0 Å². The van der Waals surface area contributed by atoms with Gasteiger partial charge in [0.05, 0.1) is 3.57 Å². The molecule has 0 unspecified atom stereocenters. The summed E-state index contributed by atoms with van der Waals surface area (Å²) in [5.74, 6) is 0. The zero-order valence-electron chi connectivity index (χ0n) is 7.03. The minimum Gasteiger partial charge on any atom is -0.268 e. The minimum absolute atomic E-state index is 0.238. The van der Waals surface area contributed by atoms with E-state index in [2.05, 4.69) is 12.8 Å². The fourth-order valence-electron chi connectivity index (χ4n) is 0.978. The summed E-state index contributed by atoms with van der Waals surface area (Å²) in [5.41, 5.74) is -0.617. The first-order valence-corrected chi connectivity index (χ1v) is 5.27. The predicted octanol–water partition coefficient (Wildman–Crippen LogP) is 0.718. The topological polar surface area (TPSA) is 44.0 Å². The van der Waals surface area contributed by atoms with Gasteiger partial charge >= 0.3 is 5.69 Å². The normalized spacial score (nSPS) is 10.4. The second-order valence-electron chi connectivity index (χ2n) is 2.56. The van der Waals surface area contributed by atoms with E-state index in [4.69, 9.17) is 0 Å². The van der Waals surface area contributed by atoms with Gasteiger partial charge in [0, 0.05) is 12.7 Å². The van der Waals surface area contributed by atoms with Gasteiger partial charge in [0.2, 0.25) is 0 Å². The molecular formula is C7H9IN2O2S. The van der Waals surface area contributed by atoms with Gasteiger partial charge in [-0.05, 0) is 29.0 Å². The van der Waals surface area contributed by atoms with Crippen molar-refractivity contribution >= 4 is 35.4 Å². The van der Waals surface area contributed by atoms with Gasteiger partial charge in [-0.1, -0.05) is 19.7 Å². The molecule has 0 N–H and O–H groups in total. The van der Waals surface area contributed by atoms with Gasteiger partial charge in [-0.3, -0.25) is 9.36 Å². The van der Waals surface area contributed by atoms with Gasteiger partial charge in [0.1, 0.15) is 0 Å². The highest BCUT2D eigenvalue weighted by molar-refractivity contribution is 14.1. The van der Waals surface area contributed by atoms with Crippen molar-refractivity contribution in [2.24, 2.45) is 0 Å². The molecule has 1 heterocycles. The third-order valence-corrected chi connectivity index (χ3v) is 2.59. The smallest absolute Gasteiger partial charge is 0.268 e. The molecule has 6 heteroatoms. The number of aromatic nitrogens is 2. The lowest BCUT2D eigenvalue weighted by Crippen LogP contribution is -2.38. The van der Waals surface area contributed by atoms with E-state index in [9.17, 15) is 9.59 Å². The zero-order chi connectivity index (χ0) is 10.0. The Hall–Kier alpha value is -0.240. The molecule has 1 rings (SSSR count). The van der Waals surface area contributed by atoms with Crippen LogP contribution in [-0.4, -0.2) is 8.54 Å². The summed E-state index contributed by atoms with van der Waals surface area (Å²) in [5, 5.41) is 0. The first-order chi connectivity index (χ1) is 6.07. The number of rotatable bonds is 2. The number of nitrogens with zero attached hydrogens (tertiary/aromatic N) is 2. The van der Waals surface area contributed by atoms with Crippen LogP contribution in [0.15, 0.2) is 15.8 Å². The molecular weight excluding hydrogens is 303 g/mol. The van der Waals surface area contributed by atoms with E-state index in [1.165, 1.54) is 10.8 Å². The molecule has 0 aliphatic rings. The van der Waals surface area contributed by atoms with Crippen molar-refractivity contribution in [3.05, 3.63) is 30.6 Å². The molecule has 0 atom stereocenters. The third-order valence-electron chi connectivity index (χ3n) is 1.56. The minimum atomic E-state index is -0.379. The molecule has 0 saturated carbocycles. The van der Waals surface area contributed by atoms with E-state index in [1.807, 2.05) is 29.5 Å². The van der Waals surface area contributed by atoms with E-state index in [-0.39, 0.29) is 11.2 Å². The summed E-state index contributed by atoms with van der Waals surface area (Å²) in [4.78, 5) is 22.8. The molecule has 0 radical (unpaired) electrons. The van der Waals surface area contributed by atoms with E-state index in [1.54, 1.807) is 0 Å². The Balaban J connectivity index is 3.47. The lowest BCUT2D eigenvalue weighted by molar-refractivity contribution is 0.606. The standard InChI is InChI=1S/C7H9IN2O2S/c1-2-3-9-6(11)5(8)4-10(13)7(9)12/h4,13H,2-3H2,1H3. The first kappa shape index (κ1) is 10.8. The predicted molar refractivity (Wildman–Crippen MR) is 62.4 cm³/mol. The van der Waals surface area contributed by atoms with Crippen molar-refractivity contribution in [1.29, 1.82) is 0 Å². The van der Waals surface area contributed by atoms with Crippen LogP contribution in [0.3, 0.4) is 0 Å². The molecule has 0 saturated heterocycles. The second kappa shape index (κ2) is 4.32. The Labute approximate surface area is 94.3 Å². The van der Waals surface area contributed by atoms with Gasteiger partial charge in [-0.25, -0.2) is 8.77 Å². The average molecular weight is 312 g/mol. The quantitative estimate of drug-likeness (QED) is 0.646. The largest absolute Gasteiger partial charge is 0.340 e. The van der Waals surface area contributed by atoms with Crippen molar-refractivity contribution in [1.82, 2.24) is 8.54 Å². The molecule has 0 aromatic carbocycles. The first-order valence-electron chi connectivity index (χ1n) is 3.79. The van der Waals surface area contributed by atoms with Crippen LogP contribution in [0.4, 0.5) is 0 Å². The molecule has 72 valence electrons. The maximum absolute atomic E-state index is 11.4. The zero-order valence-corrected chi connectivity index (χ0v) is 10.1. The van der Waals surface area contributed by atoms with Gasteiger partial charge in [-0.15, -0.1) is 0 Å².